The average Bonchev–Trinajstić information content (AvgIpc) is 3.00. The van der Waals surface area contributed by atoms with Crippen LogP contribution in [-0.4, -0.2) is 25.3 Å². The lowest BCUT2D eigenvalue weighted by Gasteiger charge is -2.37. The summed E-state index contributed by atoms with van der Waals surface area (Å²) < 4.78 is 5.90. The van der Waals surface area contributed by atoms with E-state index in [0.717, 1.165) is 12.5 Å². The van der Waals surface area contributed by atoms with Crippen molar-refractivity contribution in [2.24, 2.45) is 5.92 Å². The van der Waals surface area contributed by atoms with Crippen LogP contribution < -0.4 is 5.32 Å². The zero-order valence-electron chi connectivity index (χ0n) is 10.9. The lowest BCUT2D eigenvalue weighted by Crippen LogP contribution is -2.50. The summed E-state index contributed by atoms with van der Waals surface area (Å²) in [5.74, 6) is 1.04. The molecule has 2 aliphatic rings. The SMILES string of the molecule is CCNC(CCC1CC1)C1(OC)CCCC1. The Kier molecular flexibility index (Phi) is 4.26. The summed E-state index contributed by atoms with van der Waals surface area (Å²) in [6, 6.07) is 0.589. The molecule has 0 aromatic carbocycles. The Bertz CT molecular complexity index is 207. The molecule has 1 atom stereocenters. The molecule has 2 saturated carbocycles. The fourth-order valence-electron chi connectivity index (χ4n) is 3.27. The standard InChI is InChI=1S/C14H27NO/c1-3-15-13(9-8-12-6-7-12)14(16-2)10-4-5-11-14/h12-13,15H,3-11H2,1-2H3. The minimum atomic E-state index is 0.158. The van der Waals surface area contributed by atoms with Crippen molar-refractivity contribution in [2.45, 2.75) is 69.9 Å². The molecule has 16 heavy (non-hydrogen) atoms. The minimum absolute atomic E-state index is 0.158. The smallest absolute Gasteiger partial charge is 0.0830 e. The maximum Gasteiger partial charge on any atom is 0.0830 e. The molecule has 2 fully saturated rings. The van der Waals surface area contributed by atoms with E-state index in [1.807, 2.05) is 7.11 Å². The maximum absolute atomic E-state index is 5.90. The zero-order valence-corrected chi connectivity index (χ0v) is 10.9. The van der Waals surface area contributed by atoms with Gasteiger partial charge in [-0.25, -0.2) is 0 Å². The van der Waals surface area contributed by atoms with E-state index in [0.29, 0.717) is 6.04 Å². The Morgan fingerprint density at radius 3 is 2.50 bits per heavy atom. The molecule has 0 bridgehead atoms. The van der Waals surface area contributed by atoms with Crippen LogP contribution in [0.5, 0.6) is 0 Å². The zero-order chi connectivity index (χ0) is 11.4. The van der Waals surface area contributed by atoms with Crippen LogP contribution >= 0.6 is 0 Å². The van der Waals surface area contributed by atoms with Gasteiger partial charge in [-0.2, -0.15) is 0 Å². The molecular formula is C14H27NO. The fraction of sp³-hybridized carbons (Fsp3) is 1.00. The second-order valence-corrected chi connectivity index (χ2v) is 5.61. The van der Waals surface area contributed by atoms with Gasteiger partial charge in [-0.3, -0.25) is 0 Å². The molecule has 0 saturated heterocycles. The highest BCUT2D eigenvalue weighted by Crippen LogP contribution is 2.40. The van der Waals surface area contributed by atoms with Gasteiger partial charge in [0.2, 0.25) is 0 Å². The van der Waals surface area contributed by atoms with Gasteiger partial charge in [-0.15, -0.1) is 0 Å². The lowest BCUT2D eigenvalue weighted by atomic mass is 9.88. The first-order chi connectivity index (χ1) is 7.80. The second kappa shape index (κ2) is 5.50. The molecule has 1 unspecified atom stereocenters. The summed E-state index contributed by atoms with van der Waals surface area (Å²) >= 11 is 0. The molecule has 2 heteroatoms. The van der Waals surface area contributed by atoms with Crippen molar-refractivity contribution in [1.29, 1.82) is 0 Å². The van der Waals surface area contributed by atoms with E-state index < -0.39 is 0 Å². The first kappa shape index (κ1) is 12.4. The molecule has 0 spiro atoms. The Balaban J connectivity index is 1.91. The van der Waals surface area contributed by atoms with E-state index in [4.69, 9.17) is 4.74 Å². The molecular weight excluding hydrogens is 198 g/mol. The molecule has 0 amide bonds. The van der Waals surface area contributed by atoms with Gasteiger partial charge in [0.15, 0.2) is 0 Å². The van der Waals surface area contributed by atoms with E-state index in [-0.39, 0.29) is 5.60 Å². The van der Waals surface area contributed by atoms with Gasteiger partial charge in [0.1, 0.15) is 0 Å². The number of hydrogen-bond donors (Lipinski definition) is 1. The van der Waals surface area contributed by atoms with Gasteiger partial charge < -0.3 is 10.1 Å². The summed E-state index contributed by atoms with van der Waals surface area (Å²) in [7, 11) is 1.91. The second-order valence-electron chi connectivity index (χ2n) is 5.61. The van der Waals surface area contributed by atoms with Crippen LogP contribution in [-0.2, 0) is 4.74 Å². The number of ether oxygens (including phenoxy) is 1. The number of methoxy groups -OCH3 is 1. The van der Waals surface area contributed by atoms with Gasteiger partial charge in [0.25, 0.3) is 0 Å². The third-order valence-electron chi connectivity index (χ3n) is 4.50. The van der Waals surface area contributed by atoms with Crippen LogP contribution in [0.4, 0.5) is 0 Å². The number of likely N-dealkylation sites (N-methyl/N-ethyl adjacent to an activating group) is 1. The summed E-state index contributed by atoms with van der Waals surface area (Å²) in [6.45, 7) is 3.28. The number of hydrogen-bond acceptors (Lipinski definition) is 2. The largest absolute Gasteiger partial charge is 0.377 e. The monoisotopic (exact) mass is 225 g/mol. The van der Waals surface area contributed by atoms with Crippen molar-refractivity contribution >= 4 is 0 Å². The van der Waals surface area contributed by atoms with Crippen LogP contribution in [0.1, 0.15) is 58.3 Å². The molecule has 0 aromatic heterocycles. The Hall–Kier alpha value is -0.0800. The summed E-state index contributed by atoms with van der Waals surface area (Å²) in [5, 5.41) is 3.67. The predicted octanol–water partition coefficient (Wildman–Crippen LogP) is 3.11. The Labute approximate surface area is 100 Å². The molecule has 0 radical (unpaired) electrons. The third-order valence-corrected chi connectivity index (χ3v) is 4.50. The van der Waals surface area contributed by atoms with E-state index in [2.05, 4.69) is 12.2 Å². The summed E-state index contributed by atoms with van der Waals surface area (Å²) in [6.07, 6.45) is 10.9. The van der Waals surface area contributed by atoms with Gasteiger partial charge >= 0.3 is 0 Å². The molecule has 0 aromatic rings. The van der Waals surface area contributed by atoms with Gasteiger partial charge in [0.05, 0.1) is 5.60 Å². The highest BCUT2D eigenvalue weighted by molar-refractivity contribution is 4.97. The van der Waals surface area contributed by atoms with Crippen molar-refractivity contribution in [3.05, 3.63) is 0 Å². The summed E-state index contributed by atoms with van der Waals surface area (Å²) in [5.41, 5.74) is 0.158. The van der Waals surface area contributed by atoms with Crippen molar-refractivity contribution < 1.29 is 4.74 Å². The van der Waals surface area contributed by atoms with Crippen LogP contribution in [0.2, 0.25) is 0 Å². The van der Waals surface area contributed by atoms with Crippen LogP contribution in [0.25, 0.3) is 0 Å². The molecule has 2 aliphatic carbocycles. The molecule has 0 aliphatic heterocycles. The highest BCUT2D eigenvalue weighted by atomic mass is 16.5. The molecule has 2 nitrogen and oxygen atoms in total. The van der Waals surface area contributed by atoms with Crippen molar-refractivity contribution in [3.63, 3.8) is 0 Å². The van der Waals surface area contributed by atoms with Gasteiger partial charge in [-0.05, 0) is 38.1 Å². The number of nitrogens with one attached hydrogen (secondary N) is 1. The van der Waals surface area contributed by atoms with Crippen molar-refractivity contribution in [1.82, 2.24) is 5.32 Å². The predicted molar refractivity (Wildman–Crippen MR) is 67.6 cm³/mol. The van der Waals surface area contributed by atoms with E-state index >= 15 is 0 Å². The minimum Gasteiger partial charge on any atom is -0.377 e. The van der Waals surface area contributed by atoms with Gasteiger partial charge in [-0.1, -0.05) is 32.6 Å². The normalized spacial score (nSPS) is 25.9. The molecule has 94 valence electrons. The molecule has 2 rings (SSSR count). The molecule has 0 heterocycles. The average molecular weight is 225 g/mol. The first-order valence-corrected chi connectivity index (χ1v) is 7.09. The van der Waals surface area contributed by atoms with E-state index in [9.17, 15) is 0 Å². The Morgan fingerprint density at radius 2 is 2.00 bits per heavy atom. The quantitative estimate of drug-likeness (QED) is 0.719. The third kappa shape index (κ3) is 2.78. The first-order valence-electron chi connectivity index (χ1n) is 7.09. The lowest BCUT2D eigenvalue weighted by molar-refractivity contribution is -0.0381. The van der Waals surface area contributed by atoms with Crippen molar-refractivity contribution in [2.75, 3.05) is 13.7 Å². The topological polar surface area (TPSA) is 21.3 Å². The maximum atomic E-state index is 5.90. The van der Waals surface area contributed by atoms with Crippen LogP contribution in [0.15, 0.2) is 0 Å². The van der Waals surface area contributed by atoms with E-state index in [1.54, 1.807) is 0 Å². The van der Waals surface area contributed by atoms with Gasteiger partial charge in [0, 0.05) is 13.2 Å². The number of rotatable bonds is 7. The summed E-state index contributed by atoms with van der Waals surface area (Å²) in [4.78, 5) is 0. The highest BCUT2D eigenvalue weighted by Gasteiger charge is 2.41. The molecule has 1 N–H and O–H groups in total. The van der Waals surface area contributed by atoms with Crippen molar-refractivity contribution in [3.8, 4) is 0 Å². The van der Waals surface area contributed by atoms with Crippen LogP contribution in [0.3, 0.4) is 0 Å². The Morgan fingerprint density at radius 1 is 1.31 bits per heavy atom. The fourth-order valence-corrected chi connectivity index (χ4v) is 3.27. The van der Waals surface area contributed by atoms with E-state index in [1.165, 1.54) is 51.4 Å². The van der Waals surface area contributed by atoms with Crippen LogP contribution in [0, 0.1) is 5.92 Å².